The van der Waals surface area contributed by atoms with Crippen molar-refractivity contribution in [3.63, 3.8) is 0 Å². The number of aliphatic hydroxyl groups excluding tert-OH is 1. The van der Waals surface area contributed by atoms with E-state index < -0.39 is 6.10 Å². The largest absolute Gasteiger partial charge is 0.392 e. The molecule has 0 aromatic carbocycles. The molecule has 2 heteroatoms. The lowest BCUT2D eigenvalue weighted by Crippen LogP contribution is -2.50. The highest BCUT2D eigenvalue weighted by atomic mass is 16.3. The maximum Gasteiger partial charge on any atom is 0.161 e. The number of hydrogen-bond acceptors (Lipinski definition) is 2. The fraction of sp³-hybridized carbons (Fsp3) is 0.762. The van der Waals surface area contributed by atoms with Gasteiger partial charge in [-0.2, -0.15) is 0 Å². The molecule has 0 aromatic rings. The molecular formula is C21H32O2. The van der Waals surface area contributed by atoms with Crippen LogP contribution in [0.15, 0.2) is 23.8 Å². The smallest absolute Gasteiger partial charge is 0.161 e. The van der Waals surface area contributed by atoms with E-state index in [0.717, 1.165) is 12.0 Å². The van der Waals surface area contributed by atoms with Crippen molar-refractivity contribution < 1.29 is 9.90 Å². The third kappa shape index (κ3) is 2.73. The second kappa shape index (κ2) is 5.88. The second-order valence-corrected chi connectivity index (χ2v) is 8.83. The maximum atomic E-state index is 12.0. The van der Waals surface area contributed by atoms with Crippen LogP contribution in [0.25, 0.3) is 0 Å². The van der Waals surface area contributed by atoms with Crippen molar-refractivity contribution in [2.45, 2.75) is 78.2 Å². The summed E-state index contributed by atoms with van der Waals surface area (Å²) in [5, 5.41) is 9.71. The normalized spacial score (nSPS) is 46.3. The maximum absolute atomic E-state index is 12.0. The Kier molecular flexibility index (Phi) is 4.33. The average molecular weight is 316 g/mol. The average Bonchev–Trinajstić information content (AvgIpc) is 2.82. The van der Waals surface area contributed by atoms with Gasteiger partial charge in [0.15, 0.2) is 5.78 Å². The van der Waals surface area contributed by atoms with Crippen LogP contribution in [0.5, 0.6) is 0 Å². The topological polar surface area (TPSA) is 37.3 Å². The Hall–Kier alpha value is -0.890. The number of fused-ring (bicyclic) bond motifs is 1. The molecular weight excluding hydrogens is 284 g/mol. The zero-order chi connectivity index (χ0) is 16.8. The standard InChI is InChI=1S/C21H32O2/c1-14-6-5-7-19-20(14,3)10-8-15(2)21(19,4)11-9-16-12-17(22)13-18(16)23/h9,15,17,19,22H,1,5-8,10-13H2,2-4H3/b16-9+/t15-,17?,19+,20+,21+/m1/s1. The molecule has 0 heterocycles. The Morgan fingerprint density at radius 3 is 2.70 bits per heavy atom. The number of carbonyl (C=O) groups is 1. The van der Waals surface area contributed by atoms with E-state index in [1.165, 1.54) is 37.7 Å². The number of aliphatic hydroxyl groups is 1. The molecule has 0 amide bonds. The molecule has 0 bridgehead atoms. The lowest BCUT2D eigenvalue weighted by atomic mass is 9.46. The lowest BCUT2D eigenvalue weighted by Gasteiger charge is -2.58. The predicted octanol–water partition coefficient (Wildman–Crippen LogP) is 4.83. The van der Waals surface area contributed by atoms with Gasteiger partial charge in [0.05, 0.1) is 6.10 Å². The van der Waals surface area contributed by atoms with Crippen molar-refractivity contribution in [3.8, 4) is 0 Å². The molecule has 2 nitrogen and oxygen atoms in total. The number of Topliss-reactive ketones (excluding diaryl/α,β-unsaturated/α-hetero) is 1. The molecule has 5 atom stereocenters. The van der Waals surface area contributed by atoms with Crippen LogP contribution in [0.1, 0.15) is 72.1 Å². The van der Waals surface area contributed by atoms with E-state index in [-0.39, 0.29) is 16.6 Å². The van der Waals surface area contributed by atoms with Crippen LogP contribution < -0.4 is 0 Å². The van der Waals surface area contributed by atoms with Gasteiger partial charge >= 0.3 is 0 Å². The van der Waals surface area contributed by atoms with Crippen LogP contribution in [0.2, 0.25) is 0 Å². The van der Waals surface area contributed by atoms with Gasteiger partial charge in [-0.3, -0.25) is 4.79 Å². The van der Waals surface area contributed by atoms with Crippen molar-refractivity contribution >= 4 is 5.78 Å². The number of hydrogen-bond donors (Lipinski definition) is 1. The monoisotopic (exact) mass is 316 g/mol. The molecule has 3 saturated carbocycles. The Morgan fingerprint density at radius 1 is 1.30 bits per heavy atom. The highest BCUT2D eigenvalue weighted by molar-refractivity contribution is 5.98. The highest BCUT2D eigenvalue weighted by Gasteiger charge is 2.53. The first kappa shape index (κ1) is 17.0. The zero-order valence-electron chi connectivity index (χ0n) is 15.0. The van der Waals surface area contributed by atoms with Crippen molar-refractivity contribution in [1.29, 1.82) is 0 Å². The summed E-state index contributed by atoms with van der Waals surface area (Å²) in [6.07, 6.45) is 9.80. The highest BCUT2D eigenvalue weighted by Crippen LogP contribution is 2.62. The van der Waals surface area contributed by atoms with Crippen LogP contribution in [-0.4, -0.2) is 17.0 Å². The summed E-state index contributed by atoms with van der Waals surface area (Å²) in [5.74, 6) is 1.49. The summed E-state index contributed by atoms with van der Waals surface area (Å²) in [5.41, 5.74) is 2.83. The molecule has 0 aliphatic heterocycles. The molecule has 3 rings (SSSR count). The zero-order valence-corrected chi connectivity index (χ0v) is 15.0. The van der Waals surface area contributed by atoms with E-state index in [0.29, 0.717) is 24.7 Å². The molecule has 1 unspecified atom stereocenters. The minimum atomic E-state index is -0.454. The third-order valence-electron chi connectivity index (χ3n) is 7.59. The van der Waals surface area contributed by atoms with E-state index in [2.05, 4.69) is 33.4 Å². The Balaban J connectivity index is 1.87. The number of carbonyl (C=O) groups excluding carboxylic acids is 1. The minimum Gasteiger partial charge on any atom is -0.392 e. The summed E-state index contributed by atoms with van der Waals surface area (Å²) >= 11 is 0. The van der Waals surface area contributed by atoms with Gasteiger partial charge in [0.2, 0.25) is 0 Å². The quantitative estimate of drug-likeness (QED) is 0.585. The van der Waals surface area contributed by atoms with Crippen molar-refractivity contribution in [2.24, 2.45) is 22.7 Å². The fourth-order valence-corrected chi connectivity index (χ4v) is 5.64. The van der Waals surface area contributed by atoms with Gasteiger partial charge in [-0.05, 0) is 66.8 Å². The molecule has 0 spiro atoms. The molecule has 128 valence electrons. The van der Waals surface area contributed by atoms with Gasteiger partial charge in [-0.15, -0.1) is 0 Å². The second-order valence-electron chi connectivity index (χ2n) is 8.83. The van der Waals surface area contributed by atoms with Crippen LogP contribution in [0, 0.1) is 22.7 Å². The van der Waals surface area contributed by atoms with E-state index in [4.69, 9.17) is 0 Å². The summed E-state index contributed by atoms with van der Waals surface area (Å²) in [6, 6.07) is 0. The van der Waals surface area contributed by atoms with E-state index in [1.54, 1.807) is 0 Å². The first-order valence-corrected chi connectivity index (χ1v) is 9.36. The van der Waals surface area contributed by atoms with Crippen LogP contribution in [0.4, 0.5) is 0 Å². The number of rotatable bonds is 2. The van der Waals surface area contributed by atoms with Crippen LogP contribution in [0.3, 0.4) is 0 Å². The van der Waals surface area contributed by atoms with Gasteiger partial charge in [-0.25, -0.2) is 0 Å². The van der Waals surface area contributed by atoms with Gasteiger partial charge in [0.1, 0.15) is 0 Å². The van der Waals surface area contributed by atoms with Gasteiger partial charge in [0, 0.05) is 12.8 Å². The summed E-state index contributed by atoms with van der Waals surface area (Å²) < 4.78 is 0. The molecule has 3 fully saturated rings. The summed E-state index contributed by atoms with van der Waals surface area (Å²) in [7, 11) is 0. The molecule has 3 aliphatic carbocycles. The molecule has 0 radical (unpaired) electrons. The SMILES string of the molecule is C=C1CCC[C@@H]2[C@@](C)(C/C=C3\CC(O)CC3=O)[C@H](C)CC[C@@]12C. The summed E-state index contributed by atoms with van der Waals surface area (Å²) in [4.78, 5) is 12.0. The Bertz CT molecular complexity index is 546. The Labute approximate surface area is 141 Å². The van der Waals surface area contributed by atoms with E-state index in [9.17, 15) is 9.90 Å². The van der Waals surface area contributed by atoms with Gasteiger partial charge < -0.3 is 5.11 Å². The van der Waals surface area contributed by atoms with Crippen LogP contribution in [-0.2, 0) is 4.79 Å². The molecule has 23 heavy (non-hydrogen) atoms. The molecule has 0 aromatic heterocycles. The lowest BCUT2D eigenvalue weighted by molar-refractivity contribution is -0.115. The number of allylic oxidation sites excluding steroid dienone is 2. The first-order chi connectivity index (χ1) is 10.8. The fourth-order valence-electron chi connectivity index (χ4n) is 5.64. The van der Waals surface area contributed by atoms with E-state index in [1.807, 2.05) is 0 Å². The van der Waals surface area contributed by atoms with Crippen molar-refractivity contribution in [3.05, 3.63) is 23.8 Å². The van der Waals surface area contributed by atoms with Crippen molar-refractivity contribution in [2.75, 3.05) is 0 Å². The van der Waals surface area contributed by atoms with Gasteiger partial charge in [0.25, 0.3) is 0 Å². The van der Waals surface area contributed by atoms with Crippen molar-refractivity contribution in [1.82, 2.24) is 0 Å². The van der Waals surface area contributed by atoms with Crippen LogP contribution >= 0.6 is 0 Å². The summed E-state index contributed by atoms with van der Waals surface area (Å²) in [6.45, 7) is 11.7. The molecule has 3 aliphatic rings. The number of ketones is 1. The van der Waals surface area contributed by atoms with E-state index >= 15 is 0 Å². The molecule has 1 N–H and O–H groups in total. The third-order valence-corrected chi connectivity index (χ3v) is 7.59. The minimum absolute atomic E-state index is 0.153. The molecule has 0 saturated heterocycles. The Morgan fingerprint density at radius 2 is 2.04 bits per heavy atom. The predicted molar refractivity (Wildman–Crippen MR) is 94.0 cm³/mol. The first-order valence-electron chi connectivity index (χ1n) is 9.36. The van der Waals surface area contributed by atoms with Gasteiger partial charge in [-0.1, -0.05) is 39.0 Å².